The summed E-state index contributed by atoms with van der Waals surface area (Å²) < 4.78 is 66.8. The lowest BCUT2D eigenvalue weighted by molar-refractivity contribution is -0.137. The summed E-state index contributed by atoms with van der Waals surface area (Å²) >= 11 is 5.76. The van der Waals surface area contributed by atoms with E-state index in [1.807, 2.05) is 0 Å². The summed E-state index contributed by atoms with van der Waals surface area (Å²) in [4.78, 5) is 17.6. The van der Waals surface area contributed by atoms with Crippen molar-refractivity contribution >= 4 is 34.4 Å². The molecule has 8 nitrogen and oxygen atoms in total. The van der Waals surface area contributed by atoms with Gasteiger partial charge in [0.1, 0.15) is 29.3 Å². The Hall–Kier alpha value is -2.83. The molecule has 5 rings (SSSR count). The molecule has 1 saturated carbocycles. The fourth-order valence-electron chi connectivity index (χ4n) is 4.78. The molecule has 2 aliphatic rings. The van der Waals surface area contributed by atoms with Crippen LogP contribution in [0.15, 0.2) is 18.6 Å². The SMILES string of the molecule is FC(F)Cn1ncc2ncc(NC3C[C@@H]4CN(c5nc(Cl)ncc5C(F)(F)F)C[C@@H]4C3)nc21. The standard InChI is InChI=1S/C19H18ClF5N8/c20-18-27-3-12(19(23,24)25)16(31-18)32-6-9-1-11(2-10(9)7-32)29-15-5-26-13-4-28-33(8-14(21)22)17(13)30-15/h3-5,9-11,14H,1-2,6-8H2,(H,29,30)/t9-,10+,11?. The van der Waals surface area contributed by atoms with Gasteiger partial charge in [0, 0.05) is 25.3 Å². The predicted octanol–water partition coefficient (Wildman–Crippen LogP) is 3.88. The average molecular weight is 489 g/mol. The van der Waals surface area contributed by atoms with Crippen molar-refractivity contribution in [2.24, 2.45) is 11.8 Å². The maximum atomic E-state index is 13.4. The van der Waals surface area contributed by atoms with Crippen molar-refractivity contribution in [2.45, 2.75) is 38.0 Å². The van der Waals surface area contributed by atoms with Gasteiger partial charge in [0.05, 0.1) is 12.4 Å². The van der Waals surface area contributed by atoms with E-state index >= 15 is 0 Å². The molecule has 0 aromatic carbocycles. The van der Waals surface area contributed by atoms with Crippen molar-refractivity contribution in [3.8, 4) is 0 Å². The van der Waals surface area contributed by atoms with Crippen molar-refractivity contribution in [1.82, 2.24) is 29.7 Å². The van der Waals surface area contributed by atoms with Gasteiger partial charge in [-0.3, -0.25) is 0 Å². The molecule has 2 fully saturated rings. The van der Waals surface area contributed by atoms with Crippen LogP contribution in [0.5, 0.6) is 0 Å². The molecular weight excluding hydrogens is 471 g/mol. The molecule has 1 aliphatic heterocycles. The first-order chi connectivity index (χ1) is 15.7. The van der Waals surface area contributed by atoms with Crippen LogP contribution in [0.2, 0.25) is 5.28 Å². The molecule has 33 heavy (non-hydrogen) atoms. The van der Waals surface area contributed by atoms with E-state index in [-0.39, 0.29) is 34.6 Å². The number of nitrogens with one attached hydrogen (secondary N) is 1. The summed E-state index contributed by atoms with van der Waals surface area (Å²) in [6.07, 6.45) is -2.07. The van der Waals surface area contributed by atoms with Crippen LogP contribution in [0.3, 0.4) is 0 Å². The van der Waals surface area contributed by atoms with E-state index in [1.165, 1.54) is 12.4 Å². The van der Waals surface area contributed by atoms with Gasteiger partial charge in [-0.25, -0.2) is 28.4 Å². The summed E-state index contributed by atoms with van der Waals surface area (Å²) in [6.45, 7) is 0.272. The molecule has 0 bridgehead atoms. The summed E-state index contributed by atoms with van der Waals surface area (Å²) in [5.74, 6) is 0.587. The fraction of sp³-hybridized carbons (Fsp3) is 0.526. The zero-order chi connectivity index (χ0) is 23.3. The molecule has 0 radical (unpaired) electrons. The first-order valence-corrected chi connectivity index (χ1v) is 10.6. The smallest absolute Gasteiger partial charge is 0.366 e. The van der Waals surface area contributed by atoms with Crippen LogP contribution in [0.4, 0.5) is 33.6 Å². The lowest BCUT2D eigenvalue weighted by atomic mass is 10.0. The molecule has 14 heteroatoms. The Balaban J connectivity index is 1.27. The fourth-order valence-corrected chi connectivity index (χ4v) is 4.90. The minimum atomic E-state index is -4.57. The Bertz CT molecular complexity index is 1150. The van der Waals surface area contributed by atoms with Crippen LogP contribution in [0.1, 0.15) is 18.4 Å². The quantitative estimate of drug-likeness (QED) is 0.431. The molecule has 3 aromatic heterocycles. The van der Waals surface area contributed by atoms with Gasteiger partial charge < -0.3 is 10.2 Å². The number of hydrogen-bond acceptors (Lipinski definition) is 7. The van der Waals surface area contributed by atoms with Crippen LogP contribution < -0.4 is 10.2 Å². The second-order valence-corrected chi connectivity index (χ2v) is 8.63. The third kappa shape index (κ3) is 4.37. The molecule has 0 amide bonds. The molecule has 1 aliphatic carbocycles. The van der Waals surface area contributed by atoms with E-state index in [1.54, 1.807) is 4.90 Å². The molecular formula is C19H18ClF5N8. The first kappa shape index (κ1) is 22.0. The van der Waals surface area contributed by atoms with Crippen molar-refractivity contribution in [3.05, 3.63) is 29.4 Å². The van der Waals surface area contributed by atoms with E-state index in [9.17, 15) is 22.0 Å². The van der Waals surface area contributed by atoms with E-state index in [4.69, 9.17) is 11.6 Å². The van der Waals surface area contributed by atoms with Crippen molar-refractivity contribution in [3.63, 3.8) is 0 Å². The largest absolute Gasteiger partial charge is 0.421 e. The van der Waals surface area contributed by atoms with Crippen LogP contribution in [-0.2, 0) is 12.7 Å². The van der Waals surface area contributed by atoms with Gasteiger partial charge >= 0.3 is 6.18 Å². The van der Waals surface area contributed by atoms with Crippen LogP contribution >= 0.6 is 11.6 Å². The molecule has 176 valence electrons. The monoisotopic (exact) mass is 488 g/mol. The second-order valence-electron chi connectivity index (χ2n) is 8.29. The maximum absolute atomic E-state index is 13.4. The third-order valence-corrected chi connectivity index (χ3v) is 6.29. The third-order valence-electron chi connectivity index (χ3n) is 6.10. The zero-order valence-corrected chi connectivity index (χ0v) is 17.7. The lowest BCUT2D eigenvalue weighted by Gasteiger charge is -2.23. The highest BCUT2D eigenvalue weighted by Crippen LogP contribution is 2.43. The first-order valence-electron chi connectivity index (χ1n) is 10.3. The molecule has 1 unspecified atom stereocenters. The Labute approximate surface area is 189 Å². The number of nitrogens with zero attached hydrogens (tertiary/aromatic N) is 7. The molecule has 3 atom stereocenters. The van der Waals surface area contributed by atoms with Crippen LogP contribution in [0, 0.1) is 11.8 Å². The normalized spacial score (nSPS) is 23.0. The highest BCUT2D eigenvalue weighted by atomic mass is 35.5. The highest BCUT2D eigenvalue weighted by Gasteiger charge is 2.44. The molecule has 1 N–H and O–H groups in total. The van der Waals surface area contributed by atoms with Gasteiger partial charge in [-0.2, -0.15) is 23.3 Å². The van der Waals surface area contributed by atoms with Gasteiger partial charge in [-0.1, -0.05) is 0 Å². The molecule has 3 aromatic rings. The van der Waals surface area contributed by atoms with Gasteiger partial charge in [0.15, 0.2) is 5.65 Å². The lowest BCUT2D eigenvalue weighted by Crippen LogP contribution is -2.28. The predicted molar refractivity (Wildman–Crippen MR) is 109 cm³/mol. The van der Waals surface area contributed by atoms with Gasteiger partial charge in [-0.15, -0.1) is 0 Å². The second kappa shape index (κ2) is 8.19. The van der Waals surface area contributed by atoms with Gasteiger partial charge in [-0.05, 0) is 36.3 Å². The Kier molecular flexibility index (Phi) is 5.46. The average Bonchev–Trinajstić information content (AvgIpc) is 3.40. The summed E-state index contributed by atoms with van der Waals surface area (Å²) in [5.41, 5.74) is -0.209. The minimum Gasteiger partial charge on any atom is -0.366 e. The molecule has 0 spiro atoms. The van der Waals surface area contributed by atoms with Crippen LogP contribution in [-0.4, -0.2) is 55.3 Å². The number of anilines is 2. The number of halogens is 6. The zero-order valence-electron chi connectivity index (χ0n) is 17.0. The van der Waals surface area contributed by atoms with Gasteiger partial charge in [0.2, 0.25) is 5.28 Å². The summed E-state index contributed by atoms with van der Waals surface area (Å²) in [6, 6.07) is 0.0384. The number of aromatic nitrogens is 6. The Morgan fingerprint density at radius 2 is 1.79 bits per heavy atom. The van der Waals surface area contributed by atoms with E-state index in [0.717, 1.165) is 23.7 Å². The summed E-state index contributed by atoms with van der Waals surface area (Å²) in [5, 5.41) is 6.96. The van der Waals surface area contributed by atoms with Crippen molar-refractivity contribution in [1.29, 1.82) is 0 Å². The van der Waals surface area contributed by atoms with E-state index < -0.39 is 24.7 Å². The number of fused-ring (bicyclic) bond motifs is 2. The Morgan fingerprint density at radius 3 is 2.45 bits per heavy atom. The number of alkyl halides is 5. The maximum Gasteiger partial charge on any atom is 0.421 e. The van der Waals surface area contributed by atoms with Crippen molar-refractivity contribution < 1.29 is 22.0 Å². The van der Waals surface area contributed by atoms with Crippen LogP contribution in [0.25, 0.3) is 11.2 Å². The number of rotatable bonds is 5. The van der Waals surface area contributed by atoms with Crippen molar-refractivity contribution in [2.75, 3.05) is 23.3 Å². The summed E-state index contributed by atoms with van der Waals surface area (Å²) in [7, 11) is 0. The van der Waals surface area contributed by atoms with E-state index in [0.29, 0.717) is 24.4 Å². The minimum absolute atomic E-state index is 0.0384. The topological polar surface area (TPSA) is 84.7 Å². The highest BCUT2D eigenvalue weighted by molar-refractivity contribution is 6.28. The van der Waals surface area contributed by atoms with E-state index in [2.05, 4.69) is 30.4 Å². The Morgan fingerprint density at radius 1 is 1.06 bits per heavy atom. The number of hydrogen-bond donors (Lipinski definition) is 1. The molecule has 1 saturated heterocycles. The van der Waals surface area contributed by atoms with Gasteiger partial charge in [0.25, 0.3) is 6.43 Å². The molecule has 4 heterocycles.